The quantitative estimate of drug-likeness (QED) is 0.887. The van der Waals surface area contributed by atoms with Crippen LogP contribution in [0.4, 0.5) is 10.1 Å². The summed E-state index contributed by atoms with van der Waals surface area (Å²) in [5.41, 5.74) is 7.60. The van der Waals surface area contributed by atoms with Crippen molar-refractivity contribution >= 4 is 5.69 Å². The van der Waals surface area contributed by atoms with E-state index in [4.69, 9.17) is 5.73 Å². The van der Waals surface area contributed by atoms with Gasteiger partial charge in [-0.15, -0.1) is 0 Å². The molecule has 0 radical (unpaired) electrons. The predicted molar refractivity (Wildman–Crippen MR) is 75.8 cm³/mol. The van der Waals surface area contributed by atoms with Gasteiger partial charge in [-0.1, -0.05) is 6.07 Å². The minimum Gasteiger partial charge on any atom is -0.368 e. The molecule has 0 saturated carbocycles. The maximum Gasteiger partial charge on any atom is 0.130 e. The van der Waals surface area contributed by atoms with E-state index >= 15 is 0 Å². The Morgan fingerprint density at radius 3 is 2.95 bits per heavy atom. The van der Waals surface area contributed by atoms with Crippen molar-refractivity contribution in [1.29, 1.82) is 0 Å². The van der Waals surface area contributed by atoms with Crippen LogP contribution in [0.5, 0.6) is 0 Å². The molecule has 2 aliphatic rings. The first-order chi connectivity index (χ1) is 9.16. The third-order valence-corrected chi connectivity index (χ3v) is 4.41. The number of hydrogen-bond donors (Lipinski definition) is 1. The standard InChI is InChI=1S/C15H22FN3/c1-11(17)15-13(16)5-2-6-14(15)19-9-8-18-7-3-4-12(18)10-19/h2,5-6,11-12H,3-4,7-10,17H2,1H3/t11-,12?/m1/s1. The summed E-state index contributed by atoms with van der Waals surface area (Å²) in [6.07, 6.45) is 2.56. The van der Waals surface area contributed by atoms with Crippen molar-refractivity contribution in [3.8, 4) is 0 Å². The van der Waals surface area contributed by atoms with Gasteiger partial charge in [0.25, 0.3) is 0 Å². The summed E-state index contributed by atoms with van der Waals surface area (Å²) in [7, 11) is 0. The number of nitrogens with two attached hydrogens (primary N) is 1. The van der Waals surface area contributed by atoms with Crippen LogP contribution in [0.2, 0.25) is 0 Å². The Hall–Kier alpha value is -1.13. The lowest BCUT2D eigenvalue weighted by Gasteiger charge is -2.40. The maximum absolute atomic E-state index is 14.0. The number of halogens is 1. The topological polar surface area (TPSA) is 32.5 Å². The summed E-state index contributed by atoms with van der Waals surface area (Å²) in [4.78, 5) is 4.87. The predicted octanol–water partition coefficient (Wildman–Crippen LogP) is 2.13. The average molecular weight is 263 g/mol. The van der Waals surface area contributed by atoms with Gasteiger partial charge in [-0.25, -0.2) is 4.39 Å². The van der Waals surface area contributed by atoms with Crippen LogP contribution in [0, 0.1) is 5.82 Å². The molecular formula is C15H22FN3. The second kappa shape index (κ2) is 5.10. The molecule has 19 heavy (non-hydrogen) atoms. The van der Waals surface area contributed by atoms with Crippen molar-refractivity contribution < 1.29 is 4.39 Å². The van der Waals surface area contributed by atoms with E-state index < -0.39 is 0 Å². The van der Waals surface area contributed by atoms with Crippen molar-refractivity contribution in [1.82, 2.24) is 4.90 Å². The van der Waals surface area contributed by atoms with Gasteiger partial charge >= 0.3 is 0 Å². The number of nitrogens with zero attached hydrogens (tertiary/aromatic N) is 2. The maximum atomic E-state index is 14.0. The van der Waals surface area contributed by atoms with E-state index in [1.165, 1.54) is 25.5 Å². The number of benzene rings is 1. The molecule has 2 atom stereocenters. The van der Waals surface area contributed by atoms with Crippen LogP contribution in [-0.4, -0.2) is 37.1 Å². The van der Waals surface area contributed by atoms with Gasteiger partial charge in [0.05, 0.1) is 0 Å². The molecule has 0 aliphatic carbocycles. The third-order valence-electron chi connectivity index (χ3n) is 4.41. The fourth-order valence-corrected chi connectivity index (χ4v) is 3.46. The Labute approximate surface area is 114 Å². The molecule has 1 unspecified atom stereocenters. The molecule has 2 saturated heterocycles. The lowest BCUT2D eigenvalue weighted by Crippen LogP contribution is -2.50. The monoisotopic (exact) mass is 263 g/mol. The summed E-state index contributed by atoms with van der Waals surface area (Å²) < 4.78 is 14.0. The van der Waals surface area contributed by atoms with Crippen LogP contribution in [0.3, 0.4) is 0 Å². The van der Waals surface area contributed by atoms with E-state index in [9.17, 15) is 4.39 Å². The van der Waals surface area contributed by atoms with Gasteiger partial charge in [-0.05, 0) is 38.4 Å². The Balaban J connectivity index is 1.88. The van der Waals surface area contributed by atoms with Gasteiger partial charge in [-0.3, -0.25) is 4.90 Å². The Kier molecular flexibility index (Phi) is 3.46. The first-order valence-electron chi connectivity index (χ1n) is 7.20. The summed E-state index contributed by atoms with van der Waals surface area (Å²) in [6, 6.07) is 5.67. The van der Waals surface area contributed by atoms with Crippen LogP contribution in [0.25, 0.3) is 0 Å². The minimum atomic E-state index is -0.266. The third kappa shape index (κ3) is 2.35. The number of rotatable bonds is 2. The van der Waals surface area contributed by atoms with Crippen molar-refractivity contribution in [2.24, 2.45) is 5.73 Å². The van der Waals surface area contributed by atoms with Crippen molar-refractivity contribution in [3.63, 3.8) is 0 Å². The second-order valence-electron chi connectivity index (χ2n) is 5.74. The highest BCUT2D eigenvalue weighted by Crippen LogP contribution is 2.31. The van der Waals surface area contributed by atoms with Crippen molar-refractivity contribution in [2.75, 3.05) is 31.1 Å². The van der Waals surface area contributed by atoms with E-state index in [1.807, 2.05) is 13.0 Å². The molecule has 3 nitrogen and oxygen atoms in total. The van der Waals surface area contributed by atoms with Gasteiger partial charge in [0.2, 0.25) is 0 Å². The van der Waals surface area contributed by atoms with E-state index in [-0.39, 0.29) is 11.9 Å². The Bertz CT molecular complexity index is 461. The van der Waals surface area contributed by atoms with E-state index in [2.05, 4.69) is 9.80 Å². The van der Waals surface area contributed by atoms with Crippen molar-refractivity contribution in [3.05, 3.63) is 29.6 Å². The van der Waals surface area contributed by atoms with E-state index in [1.54, 1.807) is 6.07 Å². The summed E-state index contributed by atoms with van der Waals surface area (Å²) in [5, 5.41) is 0. The number of anilines is 1. The number of hydrogen-bond acceptors (Lipinski definition) is 3. The summed E-state index contributed by atoms with van der Waals surface area (Å²) in [6.45, 7) is 6.14. The first-order valence-corrected chi connectivity index (χ1v) is 7.20. The zero-order valence-corrected chi connectivity index (χ0v) is 11.5. The molecule has 1 aromatic rings. The highest BCUT2D eigenvalue weighted by atomic mass is 19.1. The second-order valence-corrected chi connectivity index (χ2v) is 5.74. The molecule has 2 N–H and O–H groups in total. The van der Waals surface area contributed by atoms with Crippen LogP contribution in [0.15, 0.2) is 18.2 Å². The van der Waals surface area contributed by atoms with Crippen molar-refractivity contribution in [2.45, 2.75) is 31.8 Å². The molecule has 2 fully saturated rings. The fraction of sp³-hybridized carbons (Fsp3) is 0.600. The van der Waals surface area contributed by atoms with E-state index in [0.717, 1.165) is 25.3 Å². The molecule has 2 heterocycles. The lowest BCUT2D eigenvalue weighted by atomic mass is 10.0. The molecule has 0 bridgehead atoms. The van der Waals surface area contributed by atoms with Crippen LogP contribution in [-0.2, 0) is 0 Å². The molecule has 4 heteroatoms. The number of fused-ring (bicyclic) bond motifs is 1. The summed E-state index contributed by atoms with van der Waals surface area (Å²) >= 11 is 0. The van der Waals surface area contributed by atoms with Gasteiger partial charge in [0, 0.05) is 43.0 Å². The highest BCUT2D eigenvalue weighted by molar-refractivity contribution is 5.56. The molecule has 3 rings (SSSR count). The van der Waals surface area contributed by atoms with Gasteiger partial charge < -0.3 is 10.6 Å². The minimum absolute atomic E-state index is 0.179. The van der Waals surface area contributed by atoms with Gasteiger partial charge in [0.1, 0.15) is 5.82 Å². The zero-order valence-electron chi connectivity index (χ0n) is 11.5. The fourth-order valence-electron chi connectivity index (χ4n) is 3.46. The molecule has 1 aromatic carbocycles. The largest absolute Gasteiger partial charge is 0.368 e. The van der Waals surface area contributed by atoms with Crippen LogP contribution < -0.4 is 10.6 Å². The summed E-state index contributed by atoms with van der Waals surface area (Å²) in [5.74, 6) is -0.179. The molecule has 2 aliphatic heterocycles. The highest BCUT2D eigenvalue weighted by Gasteiger charge is 2.31. The average Bonchev–Trinajstić information content (AvgIpc) is 2.85. The molecule has 0 spiro atoms. The Morgan fingerprint density at radius 2 is 2.16 bits per heavy atom. The van der Waals surface area contributed by atoms with Crippen LogP contribution >= 0.6 is 0 Å². The smallest absolute Gasteiger partial charge is 0.130 e. The van der Waals surface area contributed by atoms with E-state index in [0.29, 0.717) is 11.6 Å². The normalized spacial score (nSPS) is 25.4. The molecule has 0 amide bonds. The first kappa shape index (κ1) is 12.9. The Morgan fingerprint density at radius 1 is 1.32 bits per heavy atom. The molecule has 104 valence electrons. The van der Waals surface area contributed by atoms with Gasteiger partial charge in [-0.2, -0.15) is 0 Å². The SMILES string of the molecule is C[C@@H](N)c1c(F)cccc1N1CCN2CCCC2C1. The van der Waals surface area contributed by atoms with Crippen LogP contribution in [0.1, 0.15) is 31.4 Å². The van der Waals surface area contributed by atoms with Gasteiger partial charge in [0.15, 0.2) is 0 Å². The lowest BCUT2D eigenvalue weighted by molar-refractivity contribution is 0.230. The number of piperazine rings is 1. The molecule has 0 aromatic heterocycles. The zero-order chi connectivity index (χ0) is 13.4. The molecular weight excluding hydrogens is 241 g/mol.